The van der Waals surface area contributed by atoms with Gasteiger partial charge in [0.25, 0.3) is 0 Å². The highest BCUT2D eigenvalue weighted by atomic mass is 16.3. The van der Waals surface area contributed by atoms with Crippen LogP contribution in [0.3, 0.4) is 0 Å². The van der Waals surface area contributed by atoms with Crippen LogP contribution in [0.15, 0.2) is 30.3 Å². The van der Waals surface area contributed by atoms with E-state index in [4.69, 9.17) is 0 Å². The summed E-state index contributed by atoms with van der Waals surface area (Å²) in [5.74, 6) is -0.319. The average molecular weight is 444 g/mol. The third-order valence-corrected chi connectivity index (χ3v) is 8.90. The molecule has 0 aromatic heterocycles. The monoisotopic (exact) mass is 443 g/mol. The fourth-order valence-electron chi connectivity index (χ4n) is 6.48. The minimum absolute atomic E-state index is 0.0119. The van der Waals surface area contributed by atoms with Gasteiger partial charge in [-0.3, -0.25) is 9.59 Å². The molecule has 3 fully saturated rings. The number of rotatable bonds is 6. The molecule has 3 N–H and O–H groups in total. The maximum Gasteiger partial charge on any atom is 0.247 e. The van der Waals surface area contributed by atoms with Crippen LogP contribution in [0.5, 0.6) is 0 Å². The first kappa shape index (κ1) is 23.1. The Labute approximate surface area is 190 Å². The van der Waals surface area contributed by atoms with Crippen LogP contribution in [0.2, 0.25) is 0 Å². The fourth-order valence-corrected chi connectivity index (χ4v) is 6.48. The van der Waals surface area contributed by atoms with E-state index in [0.29, 0.717) is 32.1 Å². The summed E-state index contributed by atoms with van der Waals surface area (Å²) in [6.45, 7) is 8.62. The lowest BCUT2D eigenvalue weighted by Gasteiger charge is -2.38. The van der Waals surface area contributed by atoms with Crippen molar-refractivity contribution in [2.75, 3.05) is 37.7 Å². The van der Waals surface area contributed by atoms with E-state index in [2.05, 4.69) is 43.1 Å². The minimum atomic E-state index is -0.940. The summed E-state index contributed by atoms with van der Waals surface area (Å²) in [6.07, 6.45) is 1.68. The first-order chi connectivity index (χ1) is 15.2. The number of aliphatic hydroxyl groups is 2. The molecule has 2 aliphatic carbocycles. The summed E-state index contributed by atoms with van der Waals surface area (Å²) in [5, 5.41) is 23.5. The molecule has 2 bridgehead atoms. The zero-order valence-corrected chi connectivity index (χ0v) is 19.5. The van der Waals surface area contributed by atoms with Crippen molar-refractivity contribution in [1.82, 2.24) is 10.2 Å². The molecule has 7 nitrogen and oxygen atoms in total. The lowest BCUT2D eigenvalue weighted by atomic mass is 9.70. The molecule has 4 unspecified atom stereocenters. The number of benzene rings is 1. The largest absolute Gasteiger partial charge is 0.394 e. The van der Waals surface area contributed by atoms with Gasteiger partial charge in [-0.05, 0) is 47.6 Å². The first-order valence-electron chi connectivity index (χ1n) is 11.9. The average Bonchev–Trinajstić information content (AvgIpc) is 3.11. The number of nitrogens with one attached hydrogen (secondary N) is 1. The molecule has 32 heavy (non-hydrogen) atoms. The Morgan fingerprint density at radius 2 is 1.78 bits per heavy atom. The number of hydrogen-bond acceptors (Lipinski definition) is 5. The van der Waals surface area contributed by atoms with Crippen LogP contribution in [0, 0.1) is 22.7 Å². The molecule has 1 aromatic rings. The molecule has 2 amide bonds. The quantitative estimate of drug-likeness (QED) is 0.622. The van der Waals surface area contributed by atoms with Crippen molar-refractivity contribution < 1.29 is 19.8 Å². The molecule has 176 valence electrons. The highest BCUT2D eigenvalue weighted by Gasteiger charge is 2.65. The maximum absolute atomic E-state index is 13.0. The topological polar surface area (TPSA) is 93.1 Å². The third kappa shape index (κ3) is 3.79. The number of fused-ring (bicyclic) bond motifs is 2. The van der Waals surface area contributed by atoms with Gasteiger partial charge in [0.05, 0.1) is 12.7 Å². The van der Waals surface area contributed by atoms with Gasteiger partial charge in [0.2, 0.25) is 11.8 Å². The van der Waals surface area contributed by atoms with E-state index in [1.165, 1.54) is 0 Å². The van der Waals surface area contributed by atoms with Crippen molar-refractivity contribution >= 4 is 17.5 Å². The maximum atomic E-state index is 13.0. The number of amides is 2. The Bertz CT molecular complexity index is 837. The summed E-state index contributed by atoms with van der Waals surface area (Å²) in [7, 11) is 0. The predicted octanol–water partition coefficient (Wildman–Crippen LogP) is 1.64. The number of para-hydroxylation sites is 1. The van der Waals surface area contributed by atoms with Gasteiger partial charge in [-0.2, -0.15) is 0 Å². The summed E-state index contributed by atoms with van der Waals surface area (Å²) in [6, 6.07) is 9.15. The number of carbonyl (C=O) groups excluding carboxylic acids is 2. The number of anilines is 1. The SMILES string of the molecule is CC1(C)C2CCC1(C)C(O)C2CC(=O)N[C@@H](CO)C(=O)N1CCN(c2ccccc2)CC1. The number of carbonyl (C=O) groups is 2. The molecule has 5 atom stereocenters. The molecule has 4 rings (SSSR count). The third-order valence-electron chi connectivity index (χ3n) is 8.90. The van der Waals surface area contributed by atoms with Crippen molar-refractivity contribution in [2.45, 2.75) is 52.2 Å². The normalized spacial score (nSPS) is 32.1. The van der Waals surface area contributed by atoms with Crippen molar-refractivity contribution in [3.8, 4) is 0 Å². The highest BCUT2D eigenvalue weighted by molar-refractivity contribution is 5.88. The van der Waals surface area contributed by atoms with E-state index in [1.54, 1.807) is 4.90 Å². The van der Waals surface area contributed by atoms with Crippen LogP contribution in [-0.2, 0) is 9.59 Å². The van der Waals surface area contributed by atoms with Gasteiger partial charge in [0.15, 0.2) is 0 Å². The van der Waals surface area contributed by atoms with Crippen molar-refractivity contribution in [3.63, 3.8) is 0 Å². The molecular formula is C25H37N3O4. The molecular weight excluding hydrogens is 406 g/mol. The van der Waals surface area contributed by atoms with Gasteiger partial charge in [-0.1, -0.05) is 39.0 Å². The van der Waals surface area contributed by atoms with Crippen molar-refractivity contribution in [1.29, 1.82) is 0 Å². The summed E-state index contributed by atoms with van der Waals surface area (Å²) in [5.41, 5.74) is 0.947. The Morgan fingerprint density at radius 3 is 2.34 bits per heavy atom. The van der Waals surface area contributed by atoms with Gasteiger partial charge < -0.3 is 25.3 Å². The molecule has 0 radical (unpaired) electrons. The number of aliphatic hydroxyl groups excluding tert-OH is 2. The number of hydrogen-bond donors (Lipinski definition) is 3. The second-order valence-electron chi connectivity index (χ2n) is 10.5. The van der Waals surface area contributed by atoms with E-state index in [0.717, 1.165) is 18.5 Å². The molecule has 0 spiro atoms. The number of nitrogens with zero attached hydrogens (tertiary/aromatic N) is 2. The molecule has 3 aliphatic rings. The lowest BCUT2D eigenvalue weighted by Crippen LogP contribution is -2.56. The van der Waals surface area contributed by atoms with Crippen LogP contribution >= 0.6 is 0 Å². The predicted molar refractivity (Wildman–Crippen MR) is 123 cm³/mol. The van der Waals surface area contributed by atoms with Crippen LogP contribution in [0.1, 0.15) is 40.0 Å². The fraction of sp³-hybridized carbons (Fsp3) is 0.680. The Kier molecular flexibility index (Phi) is 6.25. The van der Waals surface area contributed by atoms with Gasteiger partial charge in [-0.15, -0.1) is 0 Å². The van der Waals surface area contributed by atoms with Crippen LogP contribution in [0.4, 0.5) is 5.69 Å². The van der Waals surface area contributed by atoms with E-state index in [9.17, 15) is 19.8 Å². The summed E-state index contributed by atoms with van der Waals surface area (Å²) in [4.78, 5) is 29.7. The summed E-state index contributed by atoms with van der Waals surface area (Å²) < 4.78 is 0. The van der Waals surface area contributed by atoms with Crippen LogP contribution in [0.25, 0.3) is 0 Å². The first-order valence-corrected chi connectivity index (χ1v) is 11.9. The lowest BCUT2D eigenvalue weighted by molar-refractivity contribution is -0.138. The highest BCUT2D eigenvalue weighted by Crippen LogP contribution is 2.68. The zero-order valence-electron chi connectivity index (χ0n) is 19.5. The van der Waals surface area contributed by atoms with E-state index in [1.807, 2.05) is 18.2 Å². The molecule has 1 aromatic carbocycles. The van der Waals surface area contributed by atoms with E-state index < -0.39 is 18.8 Å². The zero-order chi connectivity index (χ0) is 23.1. The Balaban J connectivity index is 1.32. The Morgan fingerprint density at radius 1 is 1.12 bits per heavy atom. The molecule has 1 saturated heterocycles. The molecule has 7 heteroatoms. The van der Waals surface area contributed by atoms with Crippen LogP contribution in [-0.4, -0.2) is 71.9 Å². The van der Waals surface area contributed by atoms with Gasteiger partial charge >= 0.3 is 0 Å². The molecule has 2 saturated carbocycles. The van der Waals surface area contributed by atoms with Crippen molar-refractivity contribution in [3.05, 3.63) is 30.3 Å². The molecule has 1 heterocycles. The second-order valence-corrected chi connectivity index (χ2v) is 10.5. The molecule has 1 aliphatic heterocycles. The van der Waals surface area contributed by atoms with Gasteiger partial charge in [0, 0.05) is 38.3 Å². The van der Waals surface area contributed by atoms with Crippen LogP contribution < -0.4 is 10.2 Å². The standard InChI is InChI=1S/C25H37N3O4/c1-24(2)19-9-10-25(24,3)22(31)18(19)15-21(30)26-20(16-29)23(32)28-13-11-27(12-14-28)17-7-5-4-6-8-17/h4-8,18-20,22,29,31H,9-16H2,1-3H3,(H,26,30)/t18?,19?,20-,22?,25?/m0/s1. The van der Waals surface area contributed by atoms with E-state index in [-0.39, 0.29) is 35.0 Å². The Hall–Kier alpha value is -2.12. The second kappa shape index (κ2) is 8.67. The van der Waals surface area contributed by atoms with Gasteiger partial charge in [0.1, 0.15) is 6.04 Å². The number of piperazine rings is 1. The van der Waals surface area contributed by atoms with E-state index >= 15 is 0 Å². The minimum Gasteiger partial charge on any atom is -0.394 e. The summed E-state index contributed by atoms with van der Waals surface area (Å²) >= 11 is 0. The van der Waals surface area contributed by atoms with Crippen molar-refractivity contribution in [2.24, 2.45) is 22.7 Å². The van der Waals surface area contributed by atoms with Gasteiger partial charge in [-0.25, -0.2) is 0 Å². The smallest absolute Gasteiger partial charge is 0.247 e.